The first-order valence-corrected chi connectivity index (χ1v) is 9.93. The van der Waals surface area contributed by atoms with Gasteiger partial charge in [-0.05, 0) is 48.0 Å². The molecule has 1 amide bonds. The monoisotopic (exact) mass is 436 g/mol. The molecule has 6 nitrogen and oxygen atoms in total. The Labute approximate surface area is 183 Å². The number of benzene rings is 3. The maximum atomic E-state index is 14.2. The third kappa shape index (κ3) is 4.25. The number of hydrogen-bond donors (Lipinski definition) is 2. The van der Waals surface area contributed by atoms with Crippen molar-refractivity contribution in [2.75, 3.05) is 12.4 Å². The van der Waals surface area contributed by atoms with Crippen LogP contribution in [0.3, 0.4) is 0 Å². The van der Waals surface area contributed by atoms with Crippen LogP contribution >= 0.6 is 0 Å². The van der Waals surface area contributed by atoms with E-state index in [1.54, 1.807) is 60.2 Å². The largest absolute Gasteiger partial charge is 0.497 e. The van der Waals surface area contributed by atoms with Gasteiger partial charge in [0.05, 0.1) is 24.7 Å². The number of rotatable bonds is 7. The first-order valence-electron chi connectivity index (χ1n) is 9.93. The Bertz CT molecular complexity index is 1280. The number of imidazole rings is 1. The van der Waals surface area contributed by atoms with Crippen molar-refractivity contribution in [2.45, 2.75) is 19.4 Å². The van der Waals surface area contributed by atoms with Crippen LogP contribution in [-0.4, -0.2) is 22.6 Å². The zero-order valence-electron chi connectivity index (χ0n) is 17.6. The fourth-order valence-corrected chi connectivity index (χ4v) is 3.60. The van der Waals surface area contributed by atoms with Crippen LogP contribution in [0.25, 0.3) is 11.0 Å². The van der Waals surface area contributed by atoms with Crippen LogP contribution in [0, 0.1) is 0 Å². The maximum absolute atomic E-state index is 14.2. The highest BCUT2D eigenvalue weighted by molar-refractivity contribution is 5.96. The van der Waals surface area contributed by atoms with Crippen LogP contribution in [0.4, 0.5) is 20.4 Å². The lowest BCUT2D eigenvalue weighted by Gasteiger charge is -2.18. The summed E-state index contributed by atoms with van der Waals surface area (Å²) in [6.45, 7) is 1.04. The topological polar surface area (TPSA) is 82.2 Å². The molecule has 164 valence electrons. The van der Waals surface area contributed by atoms with Gasteiger partial charge in [-0.25, -0.2) is 13.8 Å². The van der Waals surface area contributed by atoms with Gasteiger partial charge in [0.15, 0.2) is 0 Å². The Morgan fingerprint density at radius 1 is 1.12 bits per heavy atom. The molecular weight excluding hydrogens is 414 g/mol. The van der Waals surface area contributed by atoms with E-state index in [0.29, 0.717) is 33.9 Å². The number of alkyl halides is 2. The van der Waals surface area contributed by atoms with E-state index in [2.05, 4.69) is 10.3 Å². The van der Waals surface area contributed by atoms with Crippen LogP contribution in [0.15, 0.2) is 66.7 Å². The number of nitrogens with zero attached hydrogens (tertiary/aromatic N) is 2. The second-order valence-corrected chi connectivity index (χ2v) is 7.49. The summed E-state index contributed by atoms with van der Waals surface area (Å²) in [5.41, 5.74) is 8.09. The van der Waals surface area contributed by atoms with E-state index in [0.717, 1.165) is 12.6 Å². The van der Waals surface area contributed by atoms with E-state index in [4.69, 9.17) is 10.5 Å². The Morgan fingerprint density at radius 2 is 1.84 bits per heavy atom. The molecule has 0 atom stereocenters. The number of halogens is 2. The molecule has 4 rings (SSSR count). The van der Waals surface area contributed by atoms with E-state index in [9.17, 15) is 13.6 Å². The van der Waals surface area contributed by atoms with E-state index < -0.39 is 11.8 Å². The van der Waals surface area contributed by atoms with E-state index in [-0.39, 0.29) is 12.1 Å². The van der Waals surface area contributed by atoms with Crippen molar-refractivity contribution in [1.82, 2.24) is 9.55 Å². The van der Waals surface area contributed by atoms with Gasteiger partial charge in [-0.1, -0.05) is 24.3 Å². The maximum Gasteiger partial charge on any atom is 0.270 e. The number of methoxy groups -OCH3 is 1. The van der Waals surface area contributed by atoms with Gasteiger partial charge in [0.2, 0.25) is 11.9 Å². The van der Waals surface area contributed by atoms with Crippen LogP contribution in [-0.2, 0) is 12.5 Å². The third-order valence-corrected chi connectivity index (χ3v) is 5.20. The van der Waals surface area contributed by atoms with Gasteiger partial charge in [-0.15, -0.1) is 0 Å². The number of hydrogen-bond acceptors (Lipinski definition) is 4. The number of carbonyl (C=O) groups is 1. The predicted molar refractivity (Wildman–Crippen MR) is 120 cm³/mol. The number of nitrogens with one attached hydrogen (secondary N) is 1. The summed E-state index contributed by atoms with van der Waals surface area (Å²) >= 11 is 0. The molecule has 32 heavy (non-hydrogen) atoms. The molecule has 0 saturated carbocycles. The fraction of sp³-hybridized carbons (Fsp3) is 0.167. The SMILES string of the molecule is COc1ccc(Nc2nc3cc(C(N)=O)ccc3n2Cc2ccccc2C(C)(F)F)cc1. The molecule has 1 heterocycles. The minimum absolute atomic E-state index is 0.0500. The first kappa shape index (κ1) is 21.3. The van der Waals surface area contributed by atoms with Crippen molar-refractivity contribution in [2.24, 2.45) is 5.73 Å². The predicted octanol–water partition coefficient (Wildman–Crippen LogP) is 5.05. The molecule has 3 aromatic carbocycles. The molecule has 0 aliphatic rings. The molecular formula is C24H22F2N4O2. The second kappa shape index (κ2) is 8.30. The quantitative estimate of drug-likeness (QED) is 0.425. The van der Waals surface area contributed by atoms with Crippen LogP contribution in [0.5, 0.6) is 5.75 Å². The van der Waals surface area contributed by atoms with Gasteiger partial charge < -0.3 is 20.4 Å². The molecule has 0 fully saturated rings. The Kier molecular flexibility index (Phi) is 5.52. The van der Waals surface area contributed by atoms with Gasteiger partial charge in [-0.2, -0.15) is 0 Å². The summed E-state index contributed by atoms with van der Waals surface area (Å²) in [5, 5.41) is 3.23. The van der Waals surface area contributed by atoms with Gasteiger partial charge in [0, 0.05) is 23.7 Å². The lowest BCUT2D eigenvalue weighted by atomic mass is 10.0. The highest BCUT2D eigenvalue weighted by Gasteiger charge is 2.27. The number of anilines is 2. The van der Waals surface area contributed by atoms with E-state index in [1.165, 1.54) is 6.07 Å². The number of nitrogens with two attached hydrogens (primary N) is 1. The van der Waals surface area contributed by atoms with Crippen LogP contribution in [0.1, 0.15) is 28.4 Å². The molecule has 0 bridgehead atoms. The molecule has 4 aromatic rings. The zero-order chi connectivity index (χ0) is 22.9. The highest BCUT2D eigenvalue weighted by Crippen LogP contribution is 2.32. The minimum atomic E-state index is -2.99. The molecule has 0 unspecified atom stereocenters. The number of ether oxygens (including phenoxy) is 1. The molecule has 0 radical (unpaired) electrons. The van der Waals surface area contributed by atoms with Gasteiger partial charge in [0.25, 0.3) is 5.92 Å². The molecule has 0 aliphatic carbocycles. The lowest BCUT2D eigenvalue weighted by Crippen LogP contribution is -2.14. The van der Waals surface area contributed by atoms with Crippen LogP contribution in [0.2, 0.25) is 0 Å². The molecule has 1 aromatic heterocycles. The van der Waals surface area contributed by atoms with Crippen molar-refractivity contribution in [1.29, 1.82) is 0 Å². The van der Waals surface area contributed by atoms with E-state index in [1.807, 2.05) is 12.1 Å². The van der Waals surface area contributed by atoms with Crippen molar-refractivity contribution in [3.05, 3.63) is 83.4 Å². The van der Waals surface area contributed by atoms with Gasteiger partial charge >= 0.3 is 0 Å². The first-order chi connectivity index (χ1) is 15.3. The average molecular weight is 436 g/mol. The van der Waals surface area contributed by atoms with E-state index >= 15 is 0 Å². The van der Waals surface area contributed by atoms with Gasteiger partial charge in [-0.3, -0.25) is 4.79 Å². The highest BCUT2D eigenvalue weighted by atomic mass is 19.3. The van der Waals surface area contributed by atoms with Gasteiger partial charge in [0.1, 0.15) is 5.75 Å². The number of fused-ring (bicyclic) bond motifs is 1. The summed E-state index contributed by atoms with van der Waals surface area (Å²) in [7, 11) is 1.58. The fourth-order valence-electron chi connectivity index (χ4n) is 3.60. The molecule has 3 N–H and O–H groups in total. The normalized spacial score (nSPS) is 11.5. The lowest BCUT2D eigenvalue weighted by molar-refractivity contribution is 0.0165. The Hall–Kier alpha value is -3.94. The van der Waals surface area contributed by atoms with Crippen molar-refractivity contribution in [3.63, 3.8) is 0 Å². The Morgan fingerprint density at radius 3 is 2.50 bits per heavy atom. The summed E-state index contributed by atoms with van der Waals surface area (Å²) in [6, 6.07) is 18.6. The minimum Gasteiger partial charge on any atom is -0.497 e. The molecule has 0 aliphatic heterocycles. The molecule has 8 heteroatoms. The summed E-state index contributed by atoms with van der Waals surface area (Å²) < 4.78 is 35.4. The standard InChI is InChI=1S/C24H22F2N4O2/c1-24(25,26)19-6-4-3-5-16(19)14-30-21-12-7-15(22(27)31)13-20(21)29-23(30)28-17-8-10-18(32-2)11-9-17/h3-13H,14H2,1-2H3,(H2,27,31)(H,28,29). The summed E-state index contributed by atoms with van der Waals surface area (Å²) in [5.74, 6) is -2.41. The number of carbonyl (C=O) groups excluding carboxylic acids is 1. The average Bonchev–Trinajstić information content (AvgIpc) is 3.10. The third-order valence-electron chi connectivity index (χ3n) is 5.20. The summed E-state index contributed by atoms with van der Waals surface area (Å²) in [4.78, 5) is 16.2. The number of amides is 1. The smallest absolute Gasteiger partial charge is 0.270 e. The number of aromatic nitrogens is 2. The Balaban J connectivity index is 1.82. The second-order valence-electron chi connectivity index (χ2n) is 7.49. The molecule has 0 spiro atoms. The van der Waals surface area contributed by atoms with Crippen molar-refractivity contribution < 1.29 is 18.3 Å². The van der Waals surface area contributed by atoms with Crippen molar-refractivity contribution >= 4 is 28.6 Å². The van der Waals surface area contributed by atoms with Crippen LogP contribution < -0.4 is 15.8 Å². The van der Waals surface area contributed by atoms with Crippen molar-refractivity contribution in [3.8, 4) is 5.75 Å². The summed E-state index contributed by atoms with van der Waals surface area (Å²) in [6.07, 6.45) is 0. The zero-order valence-corrected chi connectivity index (χ0v) is 17.6. The molecule has 0 saturated heterocycles. The number of primary amides is 1.